The zero-order valence-corrected chi connectivity index (χ0v) is 14.3. The summed E-state index contributed by atoms with van der Waals surface area (Å²) in [4.78, 5) is 5.81. The molecule has 2 aromatic rings. The van der Waals surface area contributed by atoms with Gasteiger partial charge in [-0.25, -0.2) is 4.98 Å². The minimum absolute atomic E-state index is 0.696. The summed E-state index contributed by atoms with van der Waals surface area (Å²) in [5.74, 6) is 0.982. The fourth-order valence-electron chi connectivity index (χ4n) is 3.68. The molecule has 1 fully saturated rings. The van der Waals surface area contributed by atoms with Crippen molar-refractivity contribution >= 4 is 16.3 Å². The first-order chi connectivity index (χ1) is 10.2. The summed E-state index contributed by atoms with van der Waals surface area (Å²) in [5.41, 5.74) is 3.83. The monoisotopic (exact) mass is 305 g/mol. The van der Waals surface area contributed by atoms with Crippen LogP contribution in [0.25, 0.3) is 4.96 Å². The molecule has 1 N–H and O–H groups in total. The number of thiazole rings is 1. The number of aryl methyl sites for hydroxylation is 2. The van der Waals surface area contributed by atoms with E-state index in [-0.39, 0.29) is 0 Å². The van der Waals surface area contributed by atoms with Crippen molar-refractivity contribution in [3.63, 3.8) is 0 Å². The Hall–Kier alpha value is -0.870. The maximum atomic E-state index is 4.68. The molecule has 0 aromatic carbocycles. The van der Waals surface area contributed by atoms with Crippen LogP contribution in [0.2, 0.25) is 0 Å². The molecule has 4 heteroatoms. The molecule has 0 bridgehead atoms. The third-order valence-corrected chi connectivity index (χ3v) is 5.88. The van der Waals surface area contributed by atoms with Gasteiger partial charge in [-0.15, -0.1) is 11.3 Å². The molecule has 0 radical (unpaired) electrons. The zero-order chi connectivity index (χ0) is 14.8. The smallest absolute Gasteiger partial charge is 0.194 e. The van der Waals surface area contributed by atoms with Crippen LogP contribution in [0.3, 0.4) is 0 Å². The van der Waals surface area contributed by atoms with E-state index in [1.807, 2.05) is 0 Å². The molecule has 1 saturated carbocycles. The third-order valence-electron chi connectivity index (χ3n) is 4.93. The average Bonchev–Trinajstić information content (AvgIpc) is 2.98. The SMILES string of the molecule is CCCC1CCC(NCc2c(C)nc3scc(C)n23)CC1. The van der Waals surface area contributed by atoms with E-state index < -0.39 is 0 Å². The van der Waals surface area contributed by atoms with Crippen molar-refractivity contribution in [2.75, 3.05) is 0 Å². The quantitative estimate of drug-likeness (QED) is 0.883. The van der Waals surface area contributed by atoms with Crippen molar-refractivity contribution in [2.24, 2.45) is 5.92 Å². The van der Waals surface area contributed by atoms with Crippen LogP contribution < -0.4 is 5.32 Å². The highest BCUT2D eigenvalue weighted by Gasteiger charge is 2.21. The Kier molecular flexibility index (Phi) is 4.65. The van der Waals surface area contributed by atoms with E-state index >= 15 is 0 Å². The Morgan fingerprint density at radius 3 is 2.76 bits per heavy atom. The Balaban J connectivity index is 1.60. The van der Waals surface area contributed by atoms with Gasteiger partial charge >= 0.3 is 0 Å². The standard InChI is InChI=1S/C17H27N3S/c1-4-5-14-6-8-15(9-7-14)18-10-16-13(3)19-17-20(16)12(2)11-21-17/h11,14-15,18H,4-10H2,1-3H3. The highest BCUT2D eigenvalue weighted by molar-refractivity contribution is 7.15. The highest BCUT2D eigenvalue weighted by atomic mass is 32.1. The molecule has 2 heterocycles. The van der Waals surface area contributed by atoms with Gasteiger partial charge in [-0.2, -0.15) is 0 Å². The third kappa shape index (κ3) is 3.16. The lowest BCUT2D eigenvalue weighted by molar-refractivity contribution is 0.277. The summed E-state index contributed by atoms with van der Waals surface area (Å²) in [5, 5.41) is 5.98. The summed E-state index contributed by atoms with van der Waals surface area (Å²) in [6.45, 7) is 7.56. The van der Waals surface area contributed by atoms with Gasteiger partial charge in [-0.05, 0) is 45.4 Å². The van der Waals surface area contributed by atoms with Crippen LogP contribution in [-0.2, 0) is 6.54 Å². The fraction of sp³-hybridized carbons (Fsp3) is 0.706. The number of nitrogens with zero attached hydrogens (tertiary/aromatic N) is 2. The Morgan fingerprint density at radius 1 is 1.29 bits per heavy atom. The van der Waals surface area contributed by atoms with E-state index in [1.54, 1.807) is 11.3 Å². The minimum atomic E-state index is 0.696. The molecule has 0 atom stereocenters. The molecular weight excluding hydrogens is 278 g/mol. The van der Waals surface area contributed by atoms with Crippen molar-refractivity contribution in [3.8, 4) is 0 Å². The van der Waals surface area contributed by atoms with Gasteiger partial charge in [0, 0.05) is 23.7 Å². The first-order valence-corrected chi connectivity index (χ1v) is 9.22. The topological polar surface area (TPSA) is 29.3 Å². The molecule has 2 aromatic heterocycles. The maximum Gasteiger partial charge on any atom is 0.194 e. The molecule has 116 valence electrons. The number of rotatable bonds is 5. The first-order valence-electron chi connectivity index (χ1n) is 8.34. The number of aromatic nitrogens is 2. The summed E-state index contributed by atoms with van der Waals surface area (Å²) < 4.78 is 2.32. The summed E-state index contributed by atoms with van der Waals surface area (Å²) in [6.07, 6.45) is 8.26. The van der Waals surface area contributed by atoms with E-state index in [2.05, 4.69) is 40.9 Å². The largest absolute Gasteiger partial charge is 0.308 e. The second kappa shape index (κ2) is 6.49. The number of hydrogen-bond donors (Lipinski definition) is 1. The lowest BCUT2D eigenvalue weighted by Gasteiger charge is -2.29. The summed E-state index contributed by atoms with van der Waals surface area (Å²) >= 11 is 1.74. The van der Waals surface area contributed by atoms with Crippen molar-refractivity contribution in [3.05, 3.63) is 22.5 Å². The molecule has 3 rings (SSSR count). The zero-order valence-electron chi connectivity index (χ0n) is 13.5. The second-order valence-corrected chi connectivity index (χ2v) is 7.36. The van der Waals surface area contributed by atoms with Gasteiger partial charge in [0.15, 0.2) is 4.96 Å². The Bertz CT molecular complexity index is 590. The summed E-state index contributed by atoms with van der Waals surface area (Å²) in [6, 6.07) is 0.696. The molecule has 21 heavy (non-hydrogen) atoms. The van der Waals surface area contributed by atoms with Crippen LogP contribution in [0.4, 0.5) is 0 Å². The van der Waals surface area contributed by atoms with Crippen molar-refractivity contribution in [1.82, 2.24) is 14.7 Å². The van der Waals surface area contributed by atoms with Crippen LogP contribution in [0.1, 0.15) is 62.5 Å². The molecule has 0 unspecified atom stereocenters. The van der Waals surface area contributed by atoms with E-state index in [9.17, 15) is 0 Å². The Morgan fingerprint density at radius 2 is 2.05 bits per heavy atom. The van der Waals surface area contributed by atoms with E-state index in [0.717, 1.165) is 17.4 Å². The van der Waals surface area contributed by atoms with Crippen LogP contribution in [0.15, 0.2) is 5.38 Å². The average molecular weight is 305 g/mol. The van der Waals surface area contributed by atoms with Crippen molar-refractivity contribution < 1.29 is 0 Å². The lowest BCUT2D eigenvalue weighted by Crippen LogP contribution is -2.33. The van der Waals surface area contributed by atoms with E-state index in [4.69, 9.17) is 0 Å². The minimum Gasteiger partial charge on any atom is -0.308 e. The molecule has 0 spiro atoms. The first kappa shape index (κ1) is 15.0. The molecule has 1 aliphatic carbocycles. The van der Waals surface area contributed by atoms with Crippen LogP contribution in [-0.4, -0.2) is 15.4 Å². The van der Waals surface area contributed by atoms with Crippen LogP contribution in [0, 0.1) is 19.8 Å². The molecular formula is C17H27N3S. The predicted molar refractivity (Wildman–Crippen MR) is 90.0 cm³/mol. The van der Waals surface area contributed by atoms with Gasteiger partial charge in [-0.3, -0.25) is 4.40 Å². The van der Waals surface area contributed by atoms with Gasteiger partial charge in [0.1, 0.15) is 0 Å². The van der Waals surface area contributed by atoms with Gasteiger partial charge in [-0.1, -0.05) is 19.8 Å². The normalized spacial score (nSPS) is 23.0. The van der Waals surface area contributed by atoms with E-state index in [0.29, 0.717) is 6.04 Å². The van der Waals surface area contributed by atoms with Crippen LogP contribution in [0.5, 0.6) is 0 Å². The van der Waals surface area contributed by atoms with Gasteiger partial charge in [0.05, 0.1) is 11.4 Å². The lowest BCUT2D eigenvalue weighted by atomic mass is 9.83. The Labute approximate surface area is 131 Å². The van der Waals surface area contributed by atoms with Crippen LogP contribution >= 0.6 is 11.3 Å². The van der Waals surface area contributed by atoms with Gasteiger partial charge in [0.2, 0.25) is 0 Å². The van der Waals surface area contributed by atoms with Gasteiger partial charge < -0.3 is 5.32 Å². The number of nitrogens with one attached hydrogen (secondary N) is 1. The predicted octanol–water partition coefficient (Wildman–Crippen LogP) is 4.46. The van der Waals surface area contributed by atoms with Crippen molar-refractivity contribution in [2.45, 2.75) is 71.9 Å². The fourth-order valence-corrected chi connectivity index (χ4v) is 4.61. The highest BCUT2D eigenvalue weighted by Crippen LogP contribution is 2.28. The molecule has 3 nitrogen and oxygen atoms in total. The molecule has 0 aliphatic heterocycles. The van der Waals surface area contributed by atoms with Crippen molar-refractivity contribution in [1.29, 1.82) is 0 Å². The number of hydrogen-bond acceptors (Lipinski definition) is 3. The van der Waals surface area contributed by atoms with Gasteiger partial charge in [0.25, 0.3) is 0 Å². The molecule has 0 amide bonds. The maximum absolute atomic E-state index is 4.68. The second-order valence-electron chi connectivity index (χ2n) is 6.53. The number of imidazole rings is 1. The molecule has 1 aliphatic rings. The van der Waals surface area contributed by atoms with E-state index in [1.165, 1.54) is 55.6 Å². The molecule has 0 saturated heterocycles. The number of fused-ring (bicyclic) bond motifs is 1. The summed E-state index contributed by atoms with van der Waals surface area (Å²) in [7, 11) is 0.